The Morgan fingerprint density at radius 2 is 1.80 bits per heavy atom. The molecule has 0 amide bonds. The zero-order chi connectivity index (χ0) is 14.2. The van der Waals surface area contributed by atoms with Crippen molar-refractivity contribution in [3.8, 4) is 5.75 Å². The first-order chi connectivity index (χ1) is 9.78. The van der Waals surface area contributed by atoms with Crippen molar-refractivity contribution in [1.29, 1.82) is 0 Å². The number of aldehydes is 1. The van der Waals surface area contributed by atoms with Crippen LogP contribution >= 0.6 is 0 Å². The van der Waals surface area contributed by atoms with E-state index in [9.17, 15) is 4.79 Å². The minimum Gasteiger partial charge on any atom is -0.493 e. The molecule has 110 valence electrons. The van der Waals surface area contributed by atoms with Crippen molar-refractivity contribution in [3.05, 3.63) is 29.8 Å². The molecule has 2 rings (SSSR count). The van der Waals surface area contributed by atoms with Crippen molar-refractivity contribution in [3.63, 3.8) is 0 Å². The fourth-order valence-electron chi connectivity index (χ4n) is 2.69. The van der Waals surface area contributed by atoms with Gasteiger partial charge >= 0.3 is 0 Å². The molecule has 3 nitrogen and oxygen atoms in total. The normalized spacial score (nSPS) is 18.2. The predicted octanol–water partition coefficient (Wildman–Crippen LogP) is 3.39. The lowest BCUT2D eigenvalue weighted by Crippen LogP contribution is -2.31. The average Bonchev–Trinajstić information content (AvgIpc) is 2.74. The van der Waals surface area contributed by atoms with E-state index in [-0.39, 0.29) is 0 Å². The minimum absolute atomic E-state index is 0.527. The molecule has 1 aliphatic rings. The lowest BCUT2D eigenvalue weighted by atomic mass is 10.1. The standard InChI is InChI=1S/C17H25NO2/c1-15(12-18-10-4-2-3-5-11-18)14-20-17-8-6-16(13-19)7-9-17/h6-9,13,15H,2-5,10-12,14H2,1H3. The Hall–Kier alpha value is -1.35. The van der Waals surface area contributed by atoms with Gasteiger partial charge in [0.2, 0.25) is 0 Å². The van der Waals surface area contributed by atoms with Gasteiger partial charge in [0.1, 0.15) is 12.0 Å². The number of ether oxygens (including phenoxy) is 1. The van der Waals surface area contributed by atoms with Gasteiger partial charge in [-0.25, -0.2) is 0 Å². The molecule has 1 aromatic rings. The van der Waals surface area contributed by atoms with E-state index in [4.69, 9.17) is 4.74 Å². The van der Waals surface area contributed by atoms with Crippen molar-refractivity contribution >= 4 is 6.29 Å². The second-order valence-corrected chi connectivity index (χ2v) is 5.82. The third-order valence-corrected chi connectivity index (χ3v) is 3.82. The highest BCUT2D eigenvalue weighted by atomic mass is 16.5. The third kappa shape index (κ3) is 4.97. The van der Waals surface area contributed by atoms with Gasteiger partial charge < -0.3 is 9.64 Å². The lowest BCUT2D eigenvalue weighted by molar-refractivity contribution is 0.112. The topological polar surface area (TPSA) is 29.5 Å². The summed E-state index contributed by atoms with van der Waals surface area (Å²) < 4.78 is 5.80. The van der Waals surface area contributed by atoms with Gasteiger partial charge in [-0.3, -0.25) is 4.79 Å². The van der Waals surface area contributed by atoms with Crippen LogP contribution in [0.25, 0.3) is 0 Å². The zero-order valence-corrected chi connectivity index (χ0v) is 12.4. The monoisotopic (exact) mass is 275 g/mol. The van der Waals surface area contributed by atoms with Crippen LogP contribution in [-0.2, 0) is 0 Å². The Kier molecular flexibility index (Phi) is 6.06. The first-order valence-electron chi connectivity index (χ1n) is 7.68. The van der Waals surface area contributed by atoms with Crippen LogP contribution in [0, 0.1) is 5.92 Å². The molecule has 1 aromatic carbocycles. The van der Waals surface area contributed by atoms with Gasteiger partial charge in [-0.1, -0.05) is 19.8 Å². The van der Waals surface area contributed by atoms with E-state index in [1.54, 1.807) is 12.1 Å². The Bertz CT molecular complexity index is 394. The van der Waals surface area contributed by atoms with E-state index < -0.39 is 0 Å². The zero-order valence-electron chi connectivity index (χ0n) is 12.4. The molecule has 0 N–H and O–H groups in total. The molecule has 0 spiro atoms. The number of hydrogen-bond acceptors (Lipinski definition) is 3. The van der Waals surface area contributed by atoms with Gasteiger partial charge in [0.15, 0.2) is 0 Å². The summed E-state index contributed by atoms with van der Waals surface area (Å²) in [5.41, 5.74) is 0.690. The fourth-order valence-corrected chi connectivity index (χ4v) is 2.69. The van der Waals surface area contributed by atoms with E-state index in [1.807, 2.05) is 12.1 Å². The van der Waals surface area contributed by atoms with Crippen LogP contribution in [0.2, 0.25) is 0 Å². The van der Waals surface area contributed by atoms with E-state index >= 15 is 0 Å². The highest BCUT2D eigenvalue weighted by Gasteiger charge is 2.13. The van der Waals surface area contributed by atoms with Crippen LogP contribution in [0.4, 0.5) is 0 Å². The summed E-state index contributed by atoms with van der Waals surface area (Å²) in [6, 6.07) is 7.31. The van der Waals surface area contributed by atoms with Crippen LogP contribution in [-0.4, -0.2) is 37.4 Å². The van der Waals surface area contributed by atoms with E-state index in [0.29, 0.717) is 11.5 Å². The molecule has 0 radical (unpaired) electrons. The average molecular weight is 275 g/mol. The van der Waals surface area contributed by atoms with Gasteiger partial charge in [-0.05, 0) is 50.2 Å². The molecule has 3 heteroatoms. The fraction of sp³-hybridized carbons (Fsp3) is 0.588. The molecular weight excluding hydrogens is 250 g/mol. The molecule has 1 aliphatic heterocycles. The molecule has 0 bridgehead atoms. The summed E-state index contributed by atoms with van der Waals surface area (Å²) in [5.74, 6) is 1.37. The van der Waals surface area contributed by atoms with Gasteiger partial charge in [-0.2, -0.15) is 0 Å². The van der Waals surface area contributed by atoms with Crippen molar-refractivity contribution in [2.24, 2.45) is 5.92 Å². The quantitative estimate of drug-likeness (QED) is 0.745. The second-order valence-electron chi connectivity index (χ2n) is 5.82. The van der Waals surface area contributed by atoms with Crippen molar-refractivity contribution in [2.45, 2.75) is 32.6 Å². The Balaban J connectivity index is 1.73. The number of hydrogen-bond donors (Lipinski definition) is 0. The number of carbonyl (C=O) groups excluding carboxylic acids is 1. The number of likely N-dealkylation sites (tertiary alicyclic amines) is 1. The second kappa shape index (κ2) is 8.05. The van der Waals surface area contributed by atoms with Gasteiger partial charge in [0.25, 0.3) is 0 Å². The third-order valence-electron chi connectivity index (χ3n) is 3.82. The first-order valence-corrected chi connectivity index (χ1v) is 7.68. The van der Waals surface area contributed by atoms with Gasteiger partial charge in [-0.15, -0.1) is 0 Å². The highest BCUT2D eigenvalue weighted by Crippen LogP contribution is 2.14. The summed E-state index contributed by atoms with van der Waals surface area (Å²) in [6.07, 6.45) is 6.28. The molecule has 1 fully saturated rings. The van der Waals surface area contributed by atoms with Crippen molar-refractivity contribution in [2.75, 3.05) is 26.2 Å². The van der Waals surface area contributed by atoms with E-state index in [0.717, 1.165) is 25.2 Å². The molecule has 0 aliphatic carbocycles. The Labute approximate surface area is 121 Å². The van der Waals surface area contributed by atoms with Gasteiger partial charge in [0, 0.05) is 18.0 Å². The highest BCUT2D eigenvalue weighted by molar-refractivity contribution is 5.74. The van der Waals surface area contributed by atoms with Crippen LogP contribution < -0.4 is 4.74 Å². The summed E-state index contributed by atoms with van der Waals surface area (Å²) in [4.78, 5) is 13.2. The molecule has 0 saturated carbocycles. The summed E-state index contributed by atoms with van der Waals surface area (Å²) in [6.45, 7) is 6.56. The van der Waals surface area contributed by atoms with E-state index in [1.165, 1.54) is 38.8 Å². The number of carbonyl (C=O) groups is 1. The van der Waals surface area contributed by atoms with Crippen molar-refractivity contribution < 1.29 is 9.53 Å². The molecular formula is C17H25NO2. The Morgan fingerprint density at radius 1 is 1.15 bits per heavy atom. The molecule has 1 unspecified atom stereocenters. The van der Waals surface area contributed by atoms with Crippen LogP contribution in [0.5, 0.6) is 5.75 Å². The Morgan fingerprint density at radius 3 is 2.40 bits per heavy atom. The first kappa shape index (κ1) is 15.0. The number of benzene rings is 1. The molecule has 20 heavy (non-hydrogen) atoms. The minimum atomic E-state index is 0.527. The van der Waals surface area contributed by atoms with Crippen molar-refractivity contribution in [1.82, 2.24) is 4.90 Å². The number of rotatable bonds is 6. The summed E-state index contributed by atoms with van der Waals surface area (Å²) >= 11 is 0. The summed E-state index contributed by atoms with van der Waals surface area (Å²) in [5, 5.41) is 0. The molecule has 0 aromatic heterocycles. The van der Waals surface area contributed by atoms with Crippen LogP contribution in [0.1, 0.15) is 43.0 Å². The molecule has 1 saturated heterocycles. The summed E-state index contributed by atoms with van der Waals surface area (Å²) in [7, 11) is 0. The van der Waals surface area contributed by atoms with E-state index in [2.05, 4.69) is 11.8 Å². The lowest BCUT2D eigenvalue weighted by Gasteiger charge is -2.24. The predicted molar refractivity (Wildman–Crippen MR) is 81.4 cm³/mol. The largest absolute Gasteiger partial charge is 0.493 e. The maximum absolute atomic E-state index is 10.6. The smallest absolute Gasteiger partial charge is 0.150 e. The SMILES string of the molecule is CC(COc1ccc(C=O)cc1)CN1CCCCCC1. The molecule has 1 atom stereocenters. The van der Waals surface area contributed by atoms with Crippen LogP contribution in [0.3, 0.4) is 0 Å². The number of nitrogens with zero attached hydrogens (tertiary/aromatic N) is 1. The van der Waals surface area contributed by atoms with Gasteiger partial charge in [0.05, 0.1) is 6.61 Å². The maximum Gasteiger partial charge on any atom is 0.150 e. The maximum atomic E-state index is 10.6. The van der Waals surface area contributed by atoms with Crippen LogP contribution in [0.15, 0.2) is 24.3 Å². The molecule has 1 heterocycles.